The quantitative estimate of drug-likeness (QED) is 0.893. The van der Waals surface area contributed by atoms with Crippen molar-refractivity contribution in [3.63, 3.8) is 0 Å². The monoisotopic (exact) mass is 257 g/mol. The summed E-state index contributed by atoms with van der Waals surface area (Å²) in [7, 11) is 0. The number of nitrogens with one attached hydrogen (secondary N) is 1. The SMILES string of the molecule is Cc1cc(OC(C)C)ccc1NCc1cnccn1. The molecule has 0 unspecified atom stereocenters. The zero-order valence-electron chi connectivity index (χ0n) is 11.6. The van der Waals surface area contributed by atoms with E-state index < -0.39 is 0 Å². The second-order valence-corrected chi connectivity index (χ2v) is 4.69. The van der Waals surface area contributed by atoms with Crippen LogP contribution in [0.3, 0.4) is 0 Å². The number of ether oxygens (including phenoxy) is 1. The molecule has 1 heterocycles. The molecule has 2 rings (SSSR count). The zero-order valence-corrected chi connectivity index (χ0v) is 11.6. The number of hydrogen-bond acceptors (Lipinski definition) is 4. The van der Waals surface area contributed by atoms with Gasteiger partial charge in [-0.1, -0.05) is 0 Å². The first kappa shape index (κ1) is 13.3. The van der Waals surface area contributed by atoms with Gasteiger partial charge in [-0.05, 0) is 44.5 Å². The van der Waals surface area contributed by atoms with Crippen LogP contribution in [0.4, 0.5) is 5.69 Å². The lowest BCUT2D eigenvalue weighted by atomic mass is 10.2. The van der Waals surface area contributed by atoms with Gasteiger partial charge < -0.3 is 10.1 Å². The Morgan fingerprint density at radius 2 is 2.11 bits per heavy atom. The van der Waals surface area contributed by atoms with Crippen molar-refractivity contribution in [3.05, 3.63) is 48.0 Å². The first-order chi connectivity index (χ1) is 9.15. The van der Waals surface area contributed by atoms with Crippen molar-refractivity contribution < 1.29 is 4.74 Å². The highest BCUT2D eigenvalue weighted by Crippen LogP contribution is 2.22. The van der Waals surface area contributed by atoms with E-state index in [9.17, 15) is 0 Å². The molecule has 0 amide bonds. The van der Waals surface area contributed by atoms with Gasteiger partial charge in [-0.25, -0.2) is 0 Å². The first-order valence-electron chi connectivity index (χ1n) is 6.41. The lowest BCUT2D eigenvalue weighted by Crippen LogP contribution is -2.07. The van der Waals surface area contributed by atoms with Gasteiger partial charge in [-0.15, -0.1) is 0 Å². The molecule has 2 aromatic rings. The van der Waals surface area contributed by atoms with Gasteiger partial charge in [0, 0.05) is 18.1 Å². The number of rotatable bonds is 5. The molecule has 100 valence electrons. The number of hydrogen-bond donors (Lipinski definition) is 1. The molecule has 1 aromatic heterocycles. The molecule has 0 saturated heterocycles. The maximum absolute atomic E-state index is 5.66. The second kappa shape index (κ2) is 6.18. The molecule has 0 fully saturated rings. The van der Waals surface area contributed by atoms with Crippen LogP contribution in [0.15, 0.2) is 36.8 Å². The van der Waals surface area contributed by atoms with Crippen molar-refractivity contribution in [3.8, 4) is 5.75 Å². The predicted octanol–water partition coefficient (Wildman–Crippen LogP) is 3.18. The summed E-state index contributed by atoms with van der Waals surface area (Å²) in [5.41, 5.74) is 3.16. The summed E-state index contributed by atoms with van der Waals surface area (Å²) in [5.74, 6) is 0.901. The van der Waals surface area contributed by atoms with Crippen LogP contribution in [0, 0.1) is 6.92 Å². The van der Waals surface area contributed by atoms with Gasteiger partial charge in [0.05, 0.1) is 24.5 Å². The summed E-state index contributed by atoms with van der Waals surface area (Å²) < 4.78 is 5.66. The Hall–Kier alpha value is -2.10. The van der Waals surface area contributed by atoms with E-state index >= 15 is 0 Å². The summed E-state index contributed by atoms with van der Waals surface area (Å²) in [5, 5.41) is 3.35. The summed E-state index contributed by atoms with van der Waals surface area (Å²) in [6.07, 6.45) is 5.33. The molecule has 0 bridgehead atoms. The fourth-order valence-corrected chi connectivity index (χ4v) is 1.79. The first-order valence-corrected chi connectivity index (χ1v) is 6.41. The van der Waals surface area contributed by atoms with Gasteiger partial charge in [-0.3, -0.25) is 9.97 Å². The van der Waals surface area contributed by atoms with E-state index in [0.717, 1.165) is 22.7 Å². The molecule has 1 aromatic carbocycles. The van der Waals surface area contributed by atoms with Crippen molar-refractivity contribution in [2.45, 2.75) is 33.4 Å². The van der Waals surface area contributed by atoms with Crippen molar-refractivity contribution in [2.24, 2.45) is 0 Å². The largest absolute Gasteiger partial charge is 0.491 e. The number of aromatic nitrogens is 2. The number of aryl methyl sites for hydroxylation is 1. The van der Waals surface area contributed by atoms with E-state index in [1.54, 1.807) is 18.6 Å². The van der Waals surface area contributed by atoms with Gasteiger partial charge in [0.15, 0.2) is 0 Å². The average Bonchev–Trinajstić information content (AvgIpc) is 2.38. The lowest BCUT2D eigenvalue weighted by molar-refractivity contribution is 0.242. The van der Waals surface area contributed by atoms with E-state index in [4.69, 9.17) is 4.74 Å². The lowest BCUT2D eigenvalue weighted by Gasteiger charge is -2.13. The van der Waals surface area contributed by atoms with E-state index in [-0.39, 0.29) is 6.10 Å². The third-order valence-corrected chi connectivity index (χ3v) is 2.65. The normalized spacial score (nSPS) is 10.5. The number of nitrogens with zero attached hydrogens (tertiary/aromatic N) is 2. The molecule has 1 N–H and O–H groups in total. The topological polar surface area (TPSA) is 47.0 Å². The Kier molecular flexibility index (Phi) is 4.34. The average molecular weight is 257 g/mol. The molecule has 0 saturated carbocycles. The maximum atomic E-state index is 5.66. The standard InChI is InChI=1S/C15H19N3O/c1-11(2)19-14-4-5-15(12(3)8-14)18-10-13-9-16-6-7-17-13/h4-9,11,18H,10H2,1-3H3. The maximum Gasteiger partial charge on any atom is 0.120 e. The molecular weight excluding hydrogens is 238 g/mol. The number of anilines is 1. The van der Waals surface area contributed by atoms with Crippen LogP contribution in [0.5, 0.6) is 5.75 Å². The molecule has 0 aliphatic carbocycles. The second-order valence-electron chi connectivity index (χ2n) is 4.69. The molecule has 0 aliphatic rings. The van der Waals surface area contributed by atoms with Gasteiger partial charge in [0.25, 0.3) is 0 Å². The fraction of sp³-hybridized carbons (Fsp3) is 0.333. The summed E-state index contributed by atoms with van der Waals surface area (Å²) in [6.45, 7) is 6.77. The highest BCUT2D eigenvalue weighted by molar-refractivity contribution is 5.53. The van der Waals surface area contributed by atoms with Gasteiger partial charge in [0.2, 0.25) is 0 Å². The van der Waals surface area contributed by atoms with E-state index in [1.807, 2.05) is 32.0 Å². The van der Waals surface area contributed by atoms with Crippen LogP contribution in [-0.4, -0.2) is 16.1 Å². The summed E-state index contributed by atoms with van der Waals surface area (Å²) in [4.78, 5) is 8.27. The Morgan fingerprint density at radius 1 is 1.26 bits per heavy atom. The molecule has 4 heteroatoms. The van der Waals surface area contributed by atoms with Crippen molar-refractivity contribution in [1.29, 1.82) is 0 Å². The third kappa shape index (κ3) is 3.95. The Bertz CT molecular complexity index is 526. The van der Waals surface area contributed by atoms with Gasteiger partial charge >= 0.3 is 0 Å². The molecule has 0 atom stereocenters. The van der Waals surface area contributed by atoms with Crippen LogP contribution in [0.2, 0.25) is 0 Å². The fourth-order valence-electron chi connectivity index (χ4n) is 1.79. The Morgan fingerprint density at radius 3 is 2.74 bits per heavy atom. The molecule has 0 aliphatic heterocycles. The van der Waals surface area contributed by atoms with E-state index in [0.29, 0.717) is 6.54 Å². The van der Waals surface area contributed by atoms with Crippen molar-refractivity contribution in [1.82, 2.24) is 9.97 Å². The molecule has 0 spiro atoms. The molecule has 4 nitrogen and oxygen atoms in total. The smallest absolute Gasteiger partial charge is 0.120 e. The zero-order chi connectivity index (χ0) is 13.7. The van der Waals surface area contributed by atoms with Crippen LogP contribution in [-0.2, 0) is 6.54 Å². The van der Waals surface area contributed by atoms with Crippen molar-refractivity contribution in [2.75, 3.05) is 5.32 Å². The summed E-state index contributed by atoms with van der Waals surface area (Å²) in [6, 6.07) is 6.05. The predicted molar refractivity (Wildman–Crippen MR) is 76.3 cm³/mol. The third-order valence-electron chi connectivity index (χ3n) is 2.65. The van der Waals surface area contributed by atoms with E-state index in [2.05, 4.69) is 22.2 Å². The minimum Gasteiger partial charge on any atom is -0.491 e. The van der Waals surface area contributed by atoms with Crippen molar-refractivity contribution >= 4 is 5.69 Å². The van der Waals surface area contributed by atoms with Crippen LogP contribution >= 0.6 is 0 Å². The van der Waals surface area contributed by atoms with Crippen LogP contribution in [0.25, 0.3) is 0 Å². The minimum absolute atomic E-state index is 0.192. The summed E-state index contributed by atoms with van der Waals surface area (Å²) >= 11 is 0. The highest BCUT2D eigenvalue weighted by atomic mass is 16.5. The van der Waals surface area contributed by atoms with E-state index in [1.165, 1.54) is 0 Å². The molecule has 19 heavy (non-hydrogen) atoms. The molecule has 0 radical (unpaired) electrons. The Balaban J connectivity index is 2.01. The Labute approximate surface area is 113 Å². The van der Waals surface area contributed by atoms with Gasteiger partial charge in [-0.2, -0.15) is 0 Å². The molecular formula is C15H19N3O. The van der Waals surface area contributed by atoms with Gasteiger partial charge in [0.1, 0.15) is 5.75 Å². The minimum atomic E-state index is 0.192. The van der Waals surface area contributed by atoms with Crippen LogP contribution < -0.4 is 10.1 Å². The van der Waals surface area contributed by atoms with Crippen LogP contribution in [0.1, 0.15) is 25.1 Å². The number of benzene rings is 1. The highest BCUT2D eigenvalue weighted by Gasteiger charge is 2.03.